The third kappa shape index (κ3) is 8.92. The Morgan fingerprint density at radius 1 is 0.746 bits per heavy atom. The first-order valence-electron chi connectivity index (χ1n) is 23.1. The van der Waals surface area contributed by atoms with E-state index in [1.807, 2.05) is 119 Å². The molecule has 13 heteroatoms. The highest BCUT2D eigenvalue weighted by Gasteiger charge is 2.39. The molecule has 13 nitrogen and oxygen atoms in total. The Hall–Kier alpha value is -6.86. The van der Waals surface area contributed by atoms with Crippen molar-refractivity contribution in [3.63, 3.8) is 0 Å². The molecule has 67 heavy (non-hydrogen) atoms. The van der Waals surface area contributed by atoms with Gasteiger partial charge in [-0.05, 0) is 105 Å². The maximum atomic E-state index is 14.5. The molecule has 0 bridgehead atoms. The summed E-state index contributed by atoms with van der Waals surface area (Å²) in [6.07, 6.45) is 3.82. The molecule has 4 aliphatic heterocycles. The quantitative estimate of drug-likeness (QED) is 0.116. The van der Waals surface area contributed by atoms with Gasteiger partial charge in [-0.25, -0.2) is 0 Å². The van der Waals surface area contributed by atoms with Crippen LogP contribution in [0.15, 0.2) is 96.0 Å². The minimum absolute atomic E-state index is 0.0203. The third-order valence-electron chi connectivity index (χ3n) is 13.0. The van der Waals surface area contributed by atoms with Crippen LogP contribution >= 0.6 is 0 Å². The van der Waals surface area contributed by atoms with E-state index in [2.05, 4.69) is 11.4 Å². The fraction of sp³-hybridized carbons (Fsp3) is 0.370. The lowest BCUT2D eigenvalue weighted by molar-refractivity contribution is -0.128. The zero-order valence-electron chi connectivity index (χ0n) is 39.6. The molecule has 0 saturated heterocycles. The average molecular weight is 906 g/mol. The number of hydrogen-bond acceptors (Lipinski definition) is 10. The number of rotatable bonds is 14. The predicted molar refractivity (Wildman–Crippen MR) is 261 cm³/mol. The standard InChI is InChI=1S/C54H59N5O8/c1-9-57(52(62)54(5,6)18-19-67-53(2,3)4)37-21-33(31-65-48-27-42-40(25-46(48)63-7)50(60)58-38(29-55-42)23-35-14-10-12-16-44(35)58)20-34(22-37)32-66-49-28-43-41(26-47(49)64-8)51(61)59-39(30-56-43)24-36-15-11-13-17-45(36)59/h10-17,20-22,25-29,38-39,56H,9,18-19,23-24,30-32H2,1-8H3/t38-,39-/m0/s1. The van der Waals surface area contributed by atoms with Crippen LogP contribution in [0.1, 0.15) is 90.9 Å². The van der Waals surface area contributed by atoms with E-state index < -0.39 is 5.41 Å². The molecule has 0 saturated carbocycles. The Morgan fingerprint density at radius 3 is 1.99 bits per heavy atom. The molecule has 0 fully saturated rings. The second-order valence-electron chi connectivity index (χ2n) is 19.2. The first kappa shape index (κ1) is 45.3. The molecular weight excluding hydrogens is 847 g/mol. The summed E-state index contributed by atoms with van der Waals surface area (Å²) in [4.78, 5) is 53.0. The van der Waals surface area contributed by atoms with Crippen LogP contribution in [-0.4, -0.2) is 75.5 Å². The van der Waals surface area contributed by atoms with Gasteiger partial charge in [-0.15, -0.1) is 0 Å². The summed E-state index contributed by atoms with van der Waals surface area (Å²) in [6.45, 7) is 13.5. The fourth-order valence-corrected chi connectivity index (χ4v) is 9.52. The number of aliphatic imine (C=N–C) groups is 1. The number of carbonyl (C=O) groups is 3. The summed E-state index contributed by atoms with van der Waals surface area (Å²) in [5, 5.41) is 3.51. The number of nitrogens with one attached hydrogen (secondary N) is 1. The van der Waals surface area contributed by atoms with Crippen molar-refractivity contribution in [1.82, 2.24) is 0 Å². The summed E-state index contributed by atoms with van der Waals surface area (Å²) in [5.41, 5.74) is 7.34. The fourth-order valence-electron chi connectivity index (χ4n) is 9.52. The minimum atomic E-state index is -0.731. The van der Waals surface area contributed by atoms with Gasteiger partial charge in [0.25, 0.3) is 11.8 Å². The monoisotopic (exact) mass is 905 g/mol. The minimum Gasteiger partial charge on any atom is -0.493 e. The molecule has 2 atom stereocenters. The lowest BCUT2D eigenvalue weighted by Gasteiger charge is -2.33. The van der Waals surface area contributed by atoms with Crippen LogP contribution in [0.25, 0.3) is 0 Å². The molecule has 0 spiro atoms. The molecule has 5 aromatic carbocycles. The molecular formula is C54H59N5O8. The zero-order valence-corrected chi connectivity index (χ0v) is 39.6. The van der Waals surface area contributed by atoms with E-state index in [1.165, 1.54) is 0 Å². The van der Waals surface area contributed by atoms with E-state index in [0.717, 1.165) is 40.0 Å². The van der Waals surface area contributed by atoms with Crippen molar-refractivity contribution >= 4 is 52.4 Å². The molecule has 4 aliphatic rings. The molecule has 1 N–H and O–H groups in total. The SMILES string of the molecule is CCN(C(=O)C(C)(C)CCOC(C)(C)C)c1cc(COc2cc3c(cc2OC)C(=O)N2c4ccccc4C[C@H]2C=N3)cc(COc2cc3c(cc2OC)C(=O)N2c4ccccc4C[C@H]2CN3)c1. The predicted octanol–water partition coefficient (Wildman–Crippen LogP) is 9.73. The van der Waals surface area contributed by atoms with Crippen LogP contribution in [0, 0.1) is 5.41 Å². The highest BCUT2D eigenvalue weighted by atomic mass is 16.5. The number of fused-ring (bicyclic) bond motifs is 8. The van der Waals surface area contributed by atoms with Gasteiger partial charge in [0, 0.05) is 66.9 Å². The van der Waals surface area contributed by atoms with Gasteiger partial charge >= 0.3 is 0 Å². The Balaban J connectivity index is 1.01. The first-order valence-corrected chi connectivity index (χ1v) is 23.1. The van der Waals surface area contributed by atoms with Gasteiger partial charge < -0.3 is 38.8 Å². The van der Waals surface area contributed by atoms with Crippen molar-refractivity contribution in [2.24, 2.45) is 10.4 Å². The first-order chi connectivity index (χ1) is 32.2. The lowest BCUT2D eigenvalue weighted by Crippen LogP contribution is -2.42. The van der Waals surface area contributed by atoms with Crippen molar-refractivity contribution in [3.8, 4) is 23.0 Å². The van der Waals surface area contributed by atoms with Gasteiger partial charge in [-0.2, -0.15) is 0 Å². The van der Waals surface area contributed by atoms with Gasteiger partial charge in [0.05, 0.1) is 54.4 Å². The van der Waals surface area contributed by atoms with Crippen LogP contribution in [0.4, 0.5) is 28.4 Å². The molecule has 0 aromatic heterocycles. The number of amides is 3. The summed E-state index contributed by atoms with van der Waals surface area (Å²) >= 11 is 0. The zero-order chi connectivity index (χ0) is 47.2. The molecule has 0 unspecified atom stereocenters. The molecule has 0 radical (unpaired) electrons. The topological polar surface area (TPSA) is 131 Å². The Labute approximate surface area is 392 Å². The number of benzene rings is 5. The number of methoxy groups -OCH3 is 2. The van der Waals surface area contributed by atoms with E-state index in [-0.39, 0.29) is 48.6 Å². The van der Waals surface area contributed by atoms with Gasteiger partial charge in [-0.3, -0.25) is 24.3 Å². The second kappa shape index (κ2) is 18.1. The number of ether oxygens (including phenoxy) is 5. The number of carbonyl (C=O) groups excluding carboxylic acids is 3. The van der Waals surface area contributed by atoms with Crippen LogP contribution in [0.3, 0.4) is 0 Å². The molecule has 3 amide bonds. The van der Waals surface area contributed by atoms with Crippen molar-refractivity contribution < 1.29 is 38.1 Å². The maximum absolute atomic E-state index is 14.5. The average Bonchev–Trinajstić information content (AvgIpc) is 3.80. The highest BCUT2D eigenvalue weighted by Crippen LogP contribution is 2.43. The van der Waals surface area contributed by atoms with E-state index in [0.29, 0.717) is 83.7 Å². The molecule has 0 aliphatic carbocycles. The van der Waals surface area contributed by atoms with E-state index >= 15 is 0 Å². The third-order valence-corrected chi connectivity index (χ3v) is 13.0. The summed E-state index contributed by atoms with van der Waals surface area (Å²) < 4.78 is 30.8. The Kier molecular flexibility index (Phi) is 12.2. The number of para-hydroxylation sites is 2. The van der Waals surface area contributed by atoms with Crippen LogP contribution in [-0.2, 0) is 35.6 Å². The largest absolute Gasteiger partial charge is 0.493 e. The van der Waals surface area contributed by atoms with E-state index in [9.17, 15) is 14.4 Å². The molecule has 4 heterocycles. The summed E-state index contributed by atoms with van der Waals surface area (Å²) in [6, 6.07) is 28.7. The normalized spacial score (nSPS) is 17.0. The van der Waals surface area contributed by atoms with Crippen molar-refractivity contribution in [3.05, 3.63) is 124 Å². The number of nitrogens with zero attached hydrogens (tertiary/aromatic N) is 4. The van der Waals surface area contributed by atoms with Crippen LogP contribution in [0.2, 0.25) is 0 Å². The number of anilines is 4. The molecule has 348 valence electrons. The van der Waals surface area contributed by atoms with E-state index in [1.54, 1.807) is 42.2 Å². The van der Waals surface area contributed by atoms with Crippen LogP contribution < -0.4 is 39.0 Å². The van der Waals surface area contributed by atoms with Gasteiger partial charge in [-0.1, -0.05) is 50.2 Å². The van der Waals surface area contributed by atoms with Crippen molar-refractivity contribution in [2.45, 2.75) is 91.7 Å². The molecule has 5 aromatic rings. The lowest BCUT2D eigenvalue weighted by atomic mass is 9.87. The van der Waals surface area contributed by atoms with E-state index in [4.69, 9.17) is 28.7 Å². The van der Waals surface area contributed by atoms with Crippen molar-refractivity contribution in [2.75, 3.05) is 53.9 Å². The van der Waals surface area contributed by atoms with Gasteiger partial charge in [0.2, 0.25) is 5.91 Å². The number of hydrogen-bond donors (Lipinski definition) is 1. The highest BCUT2D eigenvalue weighted by molar-refractivity contribution is 6.15. The Morgan fingerprint density at radius 2 is 1.34 bits per heavy atom. The summed E-state index contributed by atoms with van der Waals surface area (Å²) in [7, 11) is 3.11. The Bertz CT molecular complexity index is 2780. The van der Waals surface area contributed by atoms with Crippen molar-refractivity contribution in [1.29, 1.82) is 0 Å². The van der Waals surface area contributed by atoms with Gasteiger partial charge in [0.1, 0.15) is 13.2 Å². The smallest absolute Gasteiger partial charge is 0.261 e. The maximum Gasteiger partial charge on any atom is 0.261 e. The van der Waals surface area contributed by atoms with Crippen LogP contribution in [0.5, 0.6) is 23.0 Å². The second-order valence-corrected chi connectivity index (χ2v) is 19.2. The summed E-state index contributed by atoms with van der Waals surface area (Å²) in [5.74, 6) is 1.41. The molecule has 9 rings (SSSR count). The van der Waals surface area contributed by atoms with Gasteiger partial charge in [0.15, 0.2) is 23.0 Å².